The molecule has 4 atom stereocenters. The van der Waals surface area contributed by atoms with Gasteiger partial charge in [0.15, 0.2) is 0 Å². The van der Waals surface area contributed by atoms with Gasteiger partial charge in [0.25, 0.3) is 0 Å². The molecule has 0 bridgehead atoms. The minimum atomic E-state index is -1.03. The fraction of sp³-hybridized carbons (Fsp3) is 0.480. The molecule has 6 heteroatoms. The first-order valence-corrected chi connectivity index (χ1v) is 10.7. The van der Waals surface area contributed by atoms with E-state index in [9.17, 15) is 15.0 Å². The zero-order valence-corrected chi connectivity index (χ0v) is 18.7. The van der Waals surface area contributed by atoms with Crippen LogP contribution in [0.4, 0.5) is 0 Å². The van der Waals surface area contributed by atoms with Crippen molar-refractivity contribution in [1.82, 2.24) is 4.90 Å². The van der Waals surface area contributed by atoms with Crippen LogP contribution in [0.1, 0.15) is 36.3 Å². The quantitative estimate of drug-likeness (QED) is 0.668. The zero-order valence-electron chi connectivity index (χ0n) is 18.7. The molecule has 6 nitrogen and oxygen atoms in total. The minimum Gasteiger partial charge on any atom is -0.497 e. The van der Waals surface area contributed by atoms with Gasteiger partial charge in [-0.25, -0.2) is 0 Å². The SMILES string of the molecule is COc1ccc(C(C(=O)O)C2CCC(O)(c3cccc(OC)c3)C(CN(C)C)C2)cc1. The molecule has 4 unspecified atom stereocenters. The molecule has 0 saturated heterocycles. The van der Waals surface area contributed by atoms with Gasteiger partial charge in [0.05, 0.1) is 25.7 Å². The lowest BCUT2D eigenvalue weighted by Crippen LogP contribution is -2.46. The zero-order chi connectivity index (χ0) is 22.6. The van der Waals surface area contributed by atoms with Gasteiger partial charge in [0.1, 0.15) is 11.5 Å². The second-order valence-corrected chi connectivity index (χ2v) is 8.74. The number of methoxy groups -OCH3 is 2. The Labute approximate surface area is 184 Å². The maximum absolute atomic E-state index is 12.3. The molecule has 1 fully saturated rings. The Morgan fingerprint density at radius 1 is 1.13 bits per heavy atom. The van der Waals surface area contributed by atoms with Crippen LogP contribution in [0.15, 0.2) is 48.5 Å². The van der Waals surface area contributed by atoms with Crippen LogP contribution in [0.5, 0.6) is 11.5 Å². The fourth-order valence-corrected chi connectivity index (χ4v) is 4.96. The Hall–Kier alpha value is -2.57. The first kappa shape index (κ1) is 23.1. The van der Waals surface area contributed by atoms with Crippen LogP contribution in [0.3, 0.4) is 0 Å². The summed E-state index contributed by atoms with van der Waals surface area (Å²) in [4.78, 5) is 14.3. The summed E-state index contributed by atoms with van der Waals surface area (Å²) in [5.41, 5.74) is 0.570. The predicted molar refractivity (Wildman–Crippen MR) is 120 cm³/mol. The second kappa shape index (κ2) is 9.71. The number of carboxylic acids is 1. The predicted octanol–water partition coefficient (Wildman–Crippen LogP) is 3.74. The lowest BCUT2D eigenvalue weighted by molar-refractivity contribution is -0.142. The van der Waals surface area contributed by atoms with Crippen molar-refractivity contribution in [2.45, 2.75) is 30.8 Å². The van der Waals surface area contributed by atoms with Crippen molar-refractivity contribution in [3.63, 3.8) is 0 Å². The van der Waals surface area contributed by atoms with E-state index in [1.54, 1.807) is 26.4 Å². The van der Waals surface area contributed by atoms with E-state index >= 15 is 0 Å². The summed E-state index contributed by atoms with van der Waals surface area (Å²) in [5, 5.41) is 21.9. The fourth-order valence-electron chi connectivity index (χ4n) is 4.96. The third-order valence-corrected chi connectivity index (χ3v) is 6.53. The molecule has 2 aromatic carbocycles. The van der Waals surface area contributed by atoms with E-state index < -0.39 is 17.5 Å². The Morgan fingerprint density at radius 2 is 1.81 bits per heavy atom. The maximum Gasteiger partial charge on any atom is 0.311 e. The van der Waals surface area contributed by atoms with Gasteiger partial charge in [0, 0.05) is 12.5 Å². The summed E-state index contributed by atoms with van der Waals surface area (Å²) < 4.78 is 10.6. The number of aliphatic carboxylic acids is 1. The van der Waals surface area contributed by atoms with Crippen LogP contribution in [0.2, 0.25) is 0 Å². The largest absolute Gasteiger partial charge is 0.497 e. The summed E-state index contributed by atoms with van der Waals surface area (Å²) in [7, 11) is 7.17. The third-order valence-electron chi connectivity index (χ3n) is 6.53. The second-order valence-electron chi connectivity index (χ2n) is 8.74. The summed E-state index contributed by atoms with van der Waals surface area (Å²) in [6, 6.07) is 14.9. The molecule has 0 radical (unpaired) electrons. The summed E-state index contributed by atoms with van der Waals surface area (Å²) in [6.45, 7) is 0.666. The van der Waals surface area contributed by atoms with Crippen LogP contribution >= 0.6 is 0 Å². The molecule has 168 valence electrons. The van der Waals surface area contributed by atoms with Crippen LogP contribution in [-0.4, -0.2) is 55.9 Å². The lowest BCUT2D eigenvalue weighted by atomic mass is 9.64. The smallest absolute Gasteiger partial charge is 0.311 e. The van der Waals surface area contributed by atoms with Crippen LogP contribution in [0, 0.1) is 11.8 Å². The van der Waals surface area contributed by atoms with Gasteiger partial charge in [-0.15, -0.1) is 0 Å². The number of carboxylic acid groups (broad SMARTS) is 1. The Morgan fingerprint density at radius 3 is 2.39 bits per heavy atom. The van der Waals surface area contributed by atoms with Gasteiger partial charge in [-0.05, 0) is 74.7 Å². The standard InChI is InChI=1S/C25H33NO5/c1-26(2)16-20-14-18(23(24(27)28)17-8-10-21(30-3)11-9-17)12-13-25(20,29)19-6-5-7-22(15-19)31-4/h5-11,15,18,20,23,29H,12-14,16H2,1-4H3,(H,27,28). The highest BCUT2D eigenvalue weighted by Crippen LogP contribution is 2.48. The first-order valence-electron chi connectivity index (χ1n) is 10.7. The molecule has 3 rings (SSSR count). The van der Waals surface area contributed by atoms with E-state index in [0.717, 1.165) is 11.1 Å². The van der Waals surface area contributed by atoms with Crippen molar-refractivity contribution in [2.24, 2.45) is 11.8 Å². The highest BCUT2D eigenvalue weighted by molar-refractivity contribution is 5.76. The van der Waals surface area contributed by atoms with Crippen molar-refractivity contribution < 1.29 is 24.5 Å². The molecule has 0 aliphatic heterocycles. The minimum absolute atomic E-state index is 0.0678. The number of benzene rings is 2. The number of hydrogen-bond acceptors (Lipinski definition) is 5. The molecule has 0 amide bonds. The van der Waals surface area contributed by atoms with Gasteiger partial charge in [-0.3, -0.25) is 4.79 Å². The molecular formula is C25H33NO5. The number of hydrogen-bond donors (Lipinski definition) is 2. The monoisotopic (exact) mass is 427 g/mol. The maximum atomic E-state index is 12.3. The Balaban J connectivity index is 1.92. The average molecular weight is 428 g/mol. The van der Waals surface area contributed by atoms with E-state index in [1.165, 1.54) is 0 Å². The Bertz CT molecular complexity index is 882. The van der Waals surface area contributed by atoms with Crippen molar-refractivity contribution in [3.05, 3.63) is 59.7 Å². The lowest BCUT2D eigenvalue weighted by Gasteiger charge is -2.46. The molecule has 31 heavy (non-hydrogen) atoms. The van der Waals surface area contributed by atoms with Crippen molar-refractivity contribution in [3.8, 4) is 11.5 Å². The molecule has 0 heterocycles. The molecule has 1 saturated carbocycles. The van der Waals surface area contributed by atoms with Crippen LogP contribution in [-0.2, 0) is 10.4 Å². The number of aliphatic hydroxyl groups is 1. The van der Waals surface area contributed by atoms with Crippen LogP contribution in [0.25, 0.3) is 0 Å². The number of carbonyl (C=O) groups is 1. The van der Waals surface area contributed by atoms with Crippen molar-refractivity contribution in [1.29, 1.82) is 0 Å². The van der Waals surface area contributed by atoms with E-state index in [2.05, 4.69) is 4.90 Å². The van der Waals surface area contributed by atoms with E-state index in [4.69, 9.17) is 9.47 Å². The van der Waals surface area contributed by atoms with Crippen molar-refractivity contribution >= 4 is 5.97 Å². The first-order chi connectivity index (χ1) is 14.8. The van der Waals surface area contributed by atoms with Gasteiger partial charge in [-0.1, -0.05) is 24.3 Å². The van der Waals surface area contributed by atoms with E-state index in [-0.39, 0.29) is 11.8 Å². The summed E-state index contributed by atoms with van der Waals surface area (Å²) in [5.74, 6) is -0.209. The average Bonchev–Trinajstić information content (AvgIpc) is 2.76. The summed E-state index contributed by atoms with van der Waals surface area (Å²) in [6.07, 6.45) is 1.75. The van der Waals surface area contributed by atoms with Gasteiger partial charge < -0.3 is 24.6 Å². The third kappa shape index (κ3) is 5.02. The molecule has 2 N–H and O–H groups in total. The number of nitrogens with zero attached hydrogens (tertiary/aromatic N) is 1. The highest BCUT2D eigenvalue weighted by Gasteiger charge is 2.46. The normalized spacial score (nSPS) is 24.6. The molecule has 1 aliphatic carbocycles. The van der Waals surface area contributed by atoms with Crippen molar-refractivity contribution in [2.75, 3.05) is 34.9 Å². The topological polar surface area (TPSA) is 79.2 Å². The van der Waals surface area contributed by atoms with Gasteiger partial charge in [0.2, 0.25) is 0 Å². The van der Waals surface area contributed by atoms with E-state index in [0.29, 0.717) is 37.3 Å². The van der Waals surface area contributed by atoms with Gasteiger partial charge in [-0.2, -0.15) is 0 Å². The van der Waals surface area contributed by atoms with E-state index in [1.807, 2.05) is 50.5 Å². The van der Waals surface area contributed by atoms with Gasteiger partial charge >= 0.3 is 5.97 Å². The molecule has 2 aromatic rings. The molecule has 0 spiro atoms. The molecular weight excluding hydrogens is 394 g/mol. The van der Waals surface area contributed by atoms with Crippen LogP contribution < -0.4 is 9.47 Å². The molecule has 0 aromatic heterocycles. The number of rotatable bonds is 8. The molecule has 1 aliphatic rings. The Kier molecular flexibility index (Phi) is 7.23. The number of ether oxygens (including phenoxy) is 2. The summed E-state index contributed by atoms with van der Waals surface area (Å²) >= 11 is 0. The highest BCUT2D eigenvalue weighted by atomic mass is 16.5.